The van der Waals surface area contributed by atoms with Crippen LogP contribution in [0.25, 0.3) is 32.0 Å². The summed E-state index contributed by atoms with van der Waals surface area (Å²) in [6.07, 6.45) is 0. The molecule has 2 aromatic rings. The van der Waals surface area contributed by atoms with Crippen molar-refractivity contribution >= 4 is 0 Å². The van der Waals surface area contributed by atoms with E-state index in [2.05, 4.69) is 20.1 Å². The summed E-state index contributed by atoms with van der Waals surface area (Å²) in [6.45, 7) is 0. The Bertz CT molecular complexity index is 688. The molecule has 1 aliphatic rings. The van der Waals surface area contributed by atoms with Gasteiger partial charge in [-0.25, -0.2) is 0 Å². The Morgan fingerprint density at radius 2 is 1.16 bits per heavy atom. The van der Waals surface area contributed by atoms with E-state index in [0.29, 0.717) is 11.1 Å². The number of rotatable bonds is 2. The van der Waals surface area contributed by atoms with E-state index in [1.165, 1.54) is 0 Å². The average Bonchev–Trinajstić information content (AvgIpc) is 2.72. The number of benzene rings is 2. The van der Waals surface area contributed by atoms with Crippen LogP contribution in [0.15, 0.2) is 58.8 Å². The van der Waals surface area contributed by atoms with E-state index in [1.807, 2.05) is 48.5 Å². The summed E-state index contributed by atoms with van der Waals surface area (Å²) in [4.78, 5) is 5.73. The van der Waals surface area contributed by atoms with Gasteiger partial charge in [-0.05, 0) is 33.3 Å². The molecule has 0 radical (unpaired) electrons. The summed E-state index contributed by atoms with van der Waals surface area (Å²) in [5.41, 5.74) is 19.7. The predicted octanol–water partition coefficient (Wildman–Crippen LogP) is 4.49. The molecule has 3 rings (SSSR count). The number of nitrogens with zero attached hydrogens (tertiary/aromatic N) is 6. The third-order valence-electron chi connectivity index (χ3n) is 3.27. The SMILES string of the molecule is [N-]=[N+]=NC1(N=[N+]=[N-])c2ccccc2-c2ccccc21. The second-order valence-electron chi connectivity index (χ2n) is 4.14. The first-order valence-electron chi connectivity index (χ1n) is 5.65. The highest BCUT2D eigenvalue weighted by Gasteiger charge is 2.41. The van der Waals surface area contributed by atoms with E-state index < -0.39 is 5.66 Å². The second kappa shape index (κ2) is 4.07. The van der Waals surface area contributed by atoms with Gasteiger partial charge in [-0.15, -0.1) is 0 Å². The van der Waals surface area contributed by atoms with Gasteiger partial charge in [0.1, 0.15) is 0 Å². The molecule has 0 bridgehead atoms. The Labute approximate surface area is 108 Å². The molecular weight excluding hydrogens is 240 g/mol. The van der Waals surface area contributed by atoms with Crippen LogP contribution in [0.2, 0.25) is 0 Å². The Morgan fingerprint density at radius 3 is 1.58 bits per heavy atom. The fourth-order valence-electron chi connectivity index (χ4n) is 2.55. The minimum atomic E-state index is -1.32. The van der Waals surface area contributed by atoms with Crippen LogP contribution in [0.5, 0.6) is 0 Å². The molecule has 6 heteroatoms. The molecule has 0 aromatic heterocycles. The molecule has 0 N–H and O–H groups in total. The Morgan fingerprint density at radius 1 is 0.737 bits per heavy atom. The van der Waals surface area contributed by atoms with Crippen molar-refractivity contribution in [3.05, 3.63) is 80.5 Å². The van der Waals surface area contributed by atoms with Crippen molar-refractivity contribution < 1.29 is 0 Å². The van der Waals surface area contributed by atoms with E-state index in [4.69, 9.17) is 11.1 Å². The fourth-order valence-corrected chi connectivity index (χ4v) is 2.55. The lowest BCUT2D eigenvalue weighted by molar-refractivity contribution is 0.575. The third-order valence-corrected chi connectivity index (χ3v) is 3.27. The van der Waals surface area contributed by atoms with Crippen LogP contribution in [0, 0.1) is 0 Å². The van der Waals surface area contributed by atoms with Gasteiger partial charge in [0.05, 0.1) is 0 Å². The van der Waals surface area contributed by atoms with Gasteiger partial charge in [0.25, 0.3) is 0 Å². The average molecular weight is 248 g/mol. The second-order valence-corrected chi connectivity index (χ2v) is 4.14. The van der Waals surface area contributed by atoms with Crippen molar-refractivity contribution in [3.63, 3.8) is 0 Å². The van der Waals surface area contributed by atoms with Gasteiger partial charge in [0.15, 0.2) is 5.66 Å². The molecule has 0 unspecified atom stereocenters. The lowest BCUT2D eigenvalue weighted by Gasteiger charge is -2.19. The smallest absolute Gasteiger partial charge is 0.0716 e. The highest BCUT2D eigenvalue weighted by Crippen LogP contribution is 2.50. The maximum absolute atomic E-state index is 8.84. The largest absolute Gasteiger partial charge is 0.178 e. The van der Waals surface area contributed by atoms with Crippen molar-refractivity contribution in [2.24, 2.45) is 10.2 Å². The lowest BCUT2D eigenvalue weighted by atomic mass is 9.99. The maximum Gasteiger partial charge on any atom is 0.178 e. The molecule has 0 atom stereocenters. The van der Waals surface area contributed by atoms with E-state index in [0.717, 1.165) is 11.1 Å². The van der Waals surface area contributed by atoms with Crippen LogP contribution >= 0.6 is 0 Å². The molecule has 0 spiro atoms. The van der Waals surface area contributed by atoms with Crippen molar-refractivity contribution in [3.8, 4) is 11.1 Å². The number of hydrogen-bond donors (Lipinski definition) is 0. The molecule has 0 aliphatic heterocycles. The van der Waals surface area contributed by atoms with Gasteiger partial charge in [0, 0.05) is 9.82 Å². The summed E-state index contributed by atoms with van der Waals surface area (Å²) >= 11 is 0. The zero-order valence-electron chi connectivity index (χ0n) is 9.80. The van der Waals surface area contributed by atoms with Gasteiger partial charge in [-0.1, -0.05) is 58.8 Å². The van der Waals surface area contributed by atoms with E-state index in [1.54, 1.807) is 0 Å². The Balaban J connectivity index is 2.48. The van der Waals surface area contributed by atoms with Crippen LogP contribution in [0.4, 0.5) is 0 Å². The van der Waals surface area contributed by atoms with Crippen LogP contribution in [0.1, 0.15) is 11.1 Å². The summed E-state index contributed by atoms with van der Waals surface area (Å²) in [7, 11) is 0. The topological polar surface area (TPSA) is 97.5 Å². The van der Waals surface area contributed by atoms with Crippen molar-refractivity contribution in [2.75, 3.05) is 0 Å². The van der Waals surface area contributed by atoms with Gasteiger partial charge in [-0.3, -0.25) is 0 Å². The van der Waals surface area contributed by atoms with E-state index >= 15 is 0 Å². The molecule has 0 fully saturated rings. The van der Waals surface area contributed by atoms with Crippen molar-refractivity contribution in [1.82, 2.24) is 0 Å². The molecule has 90 valence electrons. The van der Waals surface area contributed by atoms with Gasteiger partial charge in [-0.2, -0.15) is 0 Å². The van der Waals surface area contributed by atoms with Gasteiger partial charge >= 0.3 is 0 Å². The Kier molecular flexibility index (Phi) is 2.39. The summed E-state index contributed by atoms with van der Waals surface area (Å²) < 4.78 is 0. The minimum Gasteiger partial charge on any atom is -0.0716 e. The first-order valence-corrected chi connectivity index (χ1v) is 5.65. The van der Waals surface area contributed by atoms with Crippen molar-refractivity contribution in [2.45, 2.75) is 5.66 Å². The first-order chi connectivity index (χ1) is 9.33. The molecule has 1 aliphatic carbocycles. The zero-order valence-corrected chi connectivity index (χ0v) is 9.80. The summed E-state index contributed by atoms with van der Waals surface area (Å²) in [5.74, 6) is 0. The summed E-state index contributed by atoms with van der Waals surface area (Å²) in [6, 6.07) is 15.0. The molecule has 2 aromatic carbocycles. The predicted molar refractivity (Wildman–Crippen MR) is 71.0 cm³/mol. The molecule has 0 saturated carbocycles. The van der Waals surface area contributed by atoms with E-state index in [9.17, 15) is 0 Å². The maximum atomic E-state index is 8.84. The summed E-state index contributed by atoms with van der Waals surface area (Å²) in [5, 5.41) is 7.58. The van der Waals surface area contributed by atoms with Crippen LogP contribution in [-0.2, 0) is 5.66 Å². The standard InChI is InChI=1S/C13H8N6/c14-18-16-13(17-19-15)11-7-3-1-5-9(11)10-6-2-4-8-12(10)13/h1-8H. The lowest BCUT2D eigenvalue weighted by Crippen LogP contribution is -2.17. The van der Waals surface area contributed by atoms with Crippen LogP contribution in [0.3, 0.4) is 0 Å². The molecule has 6 nitrogen and oxygen atoms in total. The molecule has 19 heavy (non-hydrogen) atoms. The quantitative estimate of drug-likeness (QED) is 0.425. The zero-order chi connectivity index (χ0) is 13.3. The third kappa shape index (κ3) is 1.39. The van der Waals surface area contributed by atoms with Gasteiger partial charge in [0.2, 0.25) is 0 Å². The van der Waals surface area contributed by atoms with Crippen LogP contribution in [-0.4, -0.2) is 0 Å². The molecular formula is C13H8N6. The molecule has 0 heterocycles. The molecule has 0 amide bonds. The fraction of sp³-hybridized carbons (Fsp3) is 0.0769. The Hall–Kier alpha value is -2.94. The minimum absolute atomic E-state index is 0.715. The van der Waals surface area contributed by atoms with Crippen LogP contribution < -0.4 is 0 Å². The number of hydrogen-bond acceptors (Lipinski definition) is 2. The number of azide groups is 1. The first kappa shape index (κ1) is 11.2. The highest BCUT2D eigenvalue weighted by molar-refractivity contribution is 5.80. The molecule has 0 saturated heterocycles. The van der Waals surface area contributed by atoms with Gasteiger partial charge < -0.3 is 0 Å². The van der Waals surface area contributed by atoms with E-state index in [-0.39, 0.29) is 0 Å². The normalized spacial score (nSPS) is 13.7. The number of fused-ring (bicyclic) bond motifs is 3. The monoisotopic (exact) mass is 248 g/mol. The van der Waals surface area contributed by atoms with Crippen molar-refractivity contribution in [1.29, 1.82) is 0 Å². The highest BCUT2D eigenvalue weighted by atomic mass is 15.3.